The molecule has 4 nitrogen and oxygen atoms in total. The number of ether oxygens (including phenoxy) is 2. The summed E-state index contributed by atoms with van der Waals surface area (Å²) < 4.78 is 9.74. The topological polar surface area (TPSA) is 48.4 Å². The van der Waals surface area contributed by atoms with Crippen molar-refractivity contribution < 1.29 is 14.3 Å². The van der Waals surface area contributed by atoms with Crippen LogP contribution >= 0.6 is 0 Å². The van der Waals surface area contributed by atoms with Crippen molar-refractivity contribution in [2.45, 2.75) is 6.92 Å². The number of esters is 1. The van der Waals surface area contributed by atoms with Gasteiger partial charge < -0.3 is 9.47 Å². The van der Waals surface area contributed by atoms with Crippen molar-refractivity contribution >= 4 is 12.0 Å². The normalized spacial score (nSPS) is 10.3. The summed E-state index contributed by atoms with van der Waals surface area (Å²) >= 11 is 0. The molecule has 0 saturated carbocycles. The molecule has 0 unspecified atom stereocenters. The molecule has 0 saturated heterocycles. The number of hydrogen-bond donors (Lipinski definition) is 0. The Kier molecular flexibility index (Phi) is 4.34. The van der Waals surface area contributed by atoms with Crippen molar-refractivity contribution in [1.29, 1.82) is 0 Å². The molecular formula is C11H13NO3. The van der Waals surface area contributed by atoms with Crippen LogP contribution in [0, 0.1) is 0 Å². The number of pyridine rings is 1. The Morgan fingerprint density at radius 3 is 3.00 bits per heavy atom. The van der Waals surface area contributed by atoms with Crippen molar-refractivity contribution in [3.63, 3.8) is 0 Å². The fourth-order valence-electron chi connectivity index (χ4n) is 0.993. The van der Waals surface area contributed by atoms with Gasteiger partial charge in [-0.05, 0) is 24.6 Å². The molecule has 0 radical (unpaired) electrons. The molecule has 1 aromatic rings. The summed E-state index contributed by atoms with van der Waals surface area (Å²) in [6.45, 7) is 2.14. The van der Waals surface area contributed by atoms with Crippen molar-refractivity contribution in [2.24, 2.45) is 0 Å². The summed E-state index contributed by atoms with van der Waals surface area (Å²) in [6.07, 6.45) is 6.23. The Morgan fingerprint density at radius 1 is 1.53 bits per heavy atom. The first kappa shape index (κ1) is 11.2. The molecule has 0 aliphatic heterocycles. The smallest absolute Gasteiger partial charge is 0.330 e. The van der Waals surface area contributed by atoms with E-state index in [1.54, 1.807) is 38.6 Å². The highest BCUT2D eigenvalue weighted by Crippen LogP contribution is 2.11. The van der Waals surface area contributed by atoms with Crippen LogP contribution in [0.25, 0.3) is 6.08 Å². The molecule has 80 valence electrons. The van der Waals surface area contributed by atoms with E-state index in [1.165, 1.54) is 6.08 Å². The second-order valence-electron chi connectivity index (χ2n) is 2.74. The maximum Gasteiger partial charge on any atom is 0.330 e. The number of rotatable bonds is 4. The number of carbonyl (C=O) groups excluding carboxylic acids is 1. The average molecular weight is 207 g/mol. The third kappa shape index (κ3) is 3.81. The molecule has 0 fully saturated rings. The molecule has 0 bridgehead atoms. The third-order valence-electron chi connectivity index (χ3n) is 1.67. The lowest BCUT2D eigenvalue weighted by Crippen LogP contribution is -1.98. The first-order valence-electron chi connectivity index (χ1n) is 4.60. The number of hydrogen-bond acceptors (Lipinski definition) is 4. The molecule has 0 aliphatic carbocycles. The van der Waals surface area contributed by atoms with Crippen LogP contribution in [0.15, 0.2) is 24.5 Å². The van der Waals surface area contributed by atoms with Gasteiger partial charge >= 0.3 is 5.97 Å². The summed E-state index contributed by atoms with van der Waals surface area (Å²) in [7, 11) is 1.57. The Morgan fingerprint density at radius 2 is 2.33 bits per heavy atom. The van der Waals surface area contributed by atoms with Crippen LogP contribution in [0.2, 0.25) is 0 Å². The fraction of sp³-hybridized carbons (Fsp3) is 0.273. The standard InChI is InChI=1S/C11H13NO3/c1-3-15-11(13)5-4-9-6-10(14-2)8-12-7-9/h4-8H,3H2,1-2H3/b5-4+. The van der Waals surface area contributed by atoms with E-state index in [0.717, 1.165) is 5.56 Å². The number of nitrogens with zero attached hydrogens (tertiary/aromatic N) is 1. The molecule has 1 rings (SSSR count). The van der Waals surface area contributed by atoms with Crippen molar-refractivity contribution in [3.8, 4) is 5.75 Å². The van der Waals surface area contributed by atoms with Gasteiger partial charge in [0.2, 0.25) is 0 Å². The molecule has 0 spiro atoms. The van der Waals surface area contributed by atoms with E-state index in [-0.39, 0.29) is 5.97 Å². The molecule has 1 heterocycles. The van der Waals surface area contributed by atoms with Crippen LogP contribution in [-0.2, 0) is 9.53 Å². The lowest BCUT2D eigenvalue weighted by Gasteiger charge is -1.99. The van der Waals surface area contributed by atoms with E-state index in [0.29, 0.717) is 12.4 Å². The highest BCUT2D eigenvalue weighted by molar-refractivity contribution is 5.86. The Hall–Kier alpha value is -1.84. The predicted molar refractivity (Wildman–Crippen MR) is 56.5 cm³/mol. The average Bonchev–Trinajstić information content (AvgIpc) is 2.27. The van der Waals surface area contributed by atoms with E-state index >= 15 is 0 Å². The highest BCUT2D eigenvalue weighted by atomic mass is 16.5. The van der Waals surface area contributed by atoms with E-state index in [1.807, 2.05) is 0 Å². The van der Waals surface area contributed by atoms with Gasteiger partial charge in [0.05, 0.1) is 19.9 Å². The van der Waals surface area contributed by atoms with Crippen LogP contribution in [0.1, 0.15) is 12.5 Å². The number of aromatic nitrogens is 1. The molecular weight excluding hydrogens is 194 g/mol. The second kappa shape index (κ2) is 5.80. The largest absolute Gasteiger partial charge is 0.495 e. The van der Waals surface area contributed by atoms with Gasteiger partial charge in [0, 0.05) is 12.3 Å². The first-order chi connectivity index (χ1) is 7.26. The van der Waals surface area contributed by atoms with Gasteiger partial charge in [-0.1, -0.05) is 0 Å². The first-order valence-corrected chi connectivity index (χ1v) is 4.60. The molecule has 1 aromatic heterocycles. The van der Waals surface area contributed by atoms with Crippen molar-refractivity contribution in [2.75, 3.05) is 13.7 Å². The molecule has 4 heteroatoms. The molecule has 15 heavy (non-hydrogen) atoms. The molecule has 0 aromatic carbocycles. The third-order valence-corrected chi connectivity index (χ3v) is 1.67. The van der Waals surface area contributed by atoms with Gasteiger partial charge in [-0.25, -0.2) is 4.79 Å². The summed E-state index contributed by atoms with van der Waals surface area (Å²) in [5.74, 6) is 0.293. The molecule has 0 amide bonds. The number of methoxy groups -OCH3 is 1. The Labute approximate surface area is 88.5 Å². The van der Waals surface area contributed by atoms with E-state index in [4.69, 9.17) is 9.47 Å². The minimum atomic E-state index is -0.361. The number of carbonyl (C=O) groups is 1. The lowest BCUT2D eigenvalue weighted by atomic mass is 10.2. The Bertz CT molecular complexity index is 361. The summed E-state index contributed by atoms with van der Waals surface area (Å²) in [4.78, 5) is 15.0. The van der Waals surface area contributed by atoms with Crippen LogP contribution in [0.5, 0.6) is 5.75 Å². The van der Waals surface area contributed by atoms with E-state index in [2.05, 4.69) is 4.98 Å². The highest BCUT2D eigenvalue weighted by Gasteiger charge is 1.95. The van der Waals surface area contributed by atoms with Gasteiger partial charge in [0.25, 0.3) is 0 Å². The van der Waals surface area contributed by atoms with Crippen LogP contribution in [-0.4, -0.2) is 24.7 Å². The zero-order valence-electron chi connectivity index (χ0n) is 8.77. The fourth-order valence-corrected chi connectivity index (χ4v) is 0.993. The summed E-state index contributed by atoms with van der Waals surface area (Å²) in [5.41, 5.74) is 0.794. The van der Waals surface area contributed by atoms with E-state index < -0.39 is 0 Å². The maximum atomic E-state index is 11.0. The van der Waals surface area contributed by atoms with E-state index in [9.17, 15) is 4.79 Å². The summed E-state index contributed by atoms with van der Waals surface area (Å²) in [6, 6.07) is 1.78. The zero-order chi connectivity index (χ0) is 11.1. The Balaban J connectivity index is 2.67. The maximum absolute atomic E-state index is 11.0. The van der Waals surface area contributed by atoms with Crippen molar-refractivity contribution in [1.82, 2.24) is 4.98 Å². The summed E-state index contributed by atoms with van der Waals surface area (Å²) in [5, 5.41) is 0. The molecule has 0 aliphatic rings. The van der Waals surface area contributed by atoms with Crippen molar-refractivity contribution in [3.05, 3.63) is 30.1 Å². The predicted octanol–water partition coefficient (Wildman–Crippen LogP) is 1.67. The quantitative estimate of drug-likeness (QED) is 0.556. The van der Waals surface area contributed by atoms with Crippen LogP contribution in [0.4, 0.5) is 0 Å². The van der Waals surface area contributed by atoms with Crippen LogP contribution in [0.3, 0.4) is 0 Å². The van der Waals surface area contributed by atoms with Gasteiger partial charge in [-0.15, -0.1) is 0 Å². The lowest BCUT2D eigenvalue weighted by molar-refractivity contribution is -0.137. The van der Waals surface area contributed by atoms with Gasteiger partial charge in [-0.2, -0.15) is 0 Å². The molecule has 0 N–H and O–H groups in total. The van der Waals surface area contributed by atoms with Gasteiger partial charge in [0.1, 0.15) is 5.75 Å². The van der Waals surface area contributed by atoms with Gasteiger partial charge in [-0.3, -0.25) is 4.98 Å². The zero-order valence-corrected chi connectivity index (χ0v) is 8.77. The second-order valence-corrected chi connectivity index (χ2v) is 2.74. The minimum absolute atomic E-state index is 0.361. The van der Waals surface area contributed by atoms with Gasteiger partial charge in [0.15, 0.2) is 0 Å². The SMILES string of the molecule is CCOC(=O)/C=C/c1cncc(OC)c1. The van der Waals surface area contributed by atoms with Crippen LogP contribution < -0.4 is 4.74 Å². The monoisotopic (exact) mass is 207 g/mol. The molecule has 0 atom stereocenters. The minimum Gasteiger partial charge on any atom is -0.495 e.